The normalized spacial score (nSPS) is 21.3. The second-order valence-electron chi connectivity index (χ2n) is 3.19. The summed E-state index contributed by atoms with van der Waals surface area (Å²) in [5.41, 5.74) is 2.27. The van der Waals surface area contributed by atoms with Gasteiger partial charge in [0.2, 0.25) is 0 Å². The van der Waals surface area contributed by atoms with Crippen LogP contribution in [0.2, 0.25) is 0 Å². The van der Waals surface area contributed by atoms with Crippen LogP contribution in [0, 0.1) is 0 Å². The lowest BCUT2D eigenvalue weighted by Crippen LogP contribution is -2.04. The van der Waals surface area contributed by atoms with Gasteiger partial charge in [-0.2, -0.15) is 0 Å². The molecule has 1 aliphatic rings. The van der Waals surface area contributed by atoms with Crippen LogP contribution in [0.4, 0.5) is 0 Å². The average Bonchev–Trinajstić information content (AvgIpc) is 2.19. The van der Waals surface area contributed by atoms with E-state index in [9.17, 15) is 5.11 Å². The molecule has 2 rings (SSSR count). The van der Waals surface area contributed by atoms with Crippen molar-refractivity contribution in [3.8, 4) is 0 Å². The molecule has 1 atom stereocenters. The molecule has 1 unspecified atom stereocenters. The summed E-state index contributed by atoms with van der Waals surface area (Å²) in [6.07, 6.45) is 6.38. The van der Waals surface area contributed by atoms with Gasteiger partial charge in [-0.15, -0.1) is 0 Å². The summed E-state index contributed by atoms with van der Waals surface area (Å²) in [6.45, 7) is 0. The predicted octanol–water partition coefficient (Wildman–Crippen LogP) is 2.39. The molecule has 1 aliphatic carbocycles. The SMILES string of the molecule is OC1C=C(c2ccccc2)C=CC1. The minimum Gasteiger partial charge on any atom is -0.389 e. The summed E-state index contributed by atoms with van der Waals surface area (Å²) < 4.78 is 0. The van der Waals surface area contributed by atoms with Crippen LogP contribution in [0.1, 0.15) is 12.0 Å². The van der Waals surface area contributed by atoms with Gasteiger partial charge in [0.15, 0.2) is 0 Å². The highest BCUT2D eigenvalue weighted by molar-refractivity contribution is 5.75. The number of aliphatic hydroxyl groups excluding tert-OH is 1. The molecule has 0 spiro atoms. The van der Waals surface area contributed by atoms with E-state index in [1.54, 1.807) is 0 Å². The fourth-order valence-electron chi connectivity index (χ4n) is 1.49. The van der Waals surface area contributed by atoms with Gasteiger partial charge in [-0.1, -0.05) is 42.5 Å². The van der Waals surface area contributed by atoms with Crippen molar-refractivity contribution < 1.29 is 5.11 Å². The zero-order valence-electron chi connectivity index (χ0n) is 7.35. The quantitative estimate of drug-likeness (QED) is 0.689. The Morgan fingerprint density at radius 1 is 1.15 bits per heavy atom. The molecule has 0 bridgehead atoms. The third-order valence-electron chi connectivity index (χ3n) is 2.15. The Morgan fingerprint density at radius 3 is 2.62 bits per heavy atom. The van der Waals surface area contributed by atoms with Gasteiger partial charge in [0.25, 0.3) is 0 Å². The van der Waals surface area contributed by atoms with E-state index in [1.165, 1.54) is 0 Å². The van der Waals surface area contributed by atoms with E-state index in [-0.39, 0.29) is 6.10 Å². The van der Waals surface area contributed by atoms with Crippen LogP contribution in [-0.2, 0) is 0 Å². The Balaban J connectivity index is 2.32. The van der Waals surface area contributed by atoms with Crippen LogP contribution in [-0.4, -0.2) is 11.2 Å². The van der Waals surface area contributed by atoms with Crippen molar-refractivity contribution in [1.29, 1.82) is 0 Å². The second-order valence-corrected chi connectivity index (χ2v) is 3.19. The number of aliphatic hydroxyl groups is 1. The molecule has 0 amide bonds. The molecule has 0 heterocycles. The van der Waals surface area contributed by atoms with E-state index >= 15 is 0 Å². The highest BCUT2D eigenvalue weighted by atomic mass is 16.3. The fourth-order valence-corrected chi connectivity index (χ4v) is 1.49. The molecular formula is C12H12O. The van der Waals surface area contributed by atoms with Crippen LogP contribution in [0.5, 0.6) is 0 Å². The Kier molecular flexibility index (Phi) is 2.28. The van der Waals surface area contributed by atoms with Gasteiger partial charge in [-0.05, 0) is 23.6 Å². The maximum atomic E-state index is 9.41. The van der Waals surface area contributed by atoms with Crippen LogP contribution in [0.3, 0.4) is 0 Å². The van der Waals surface area contributed by atoms with E-state index in [0.29, 0.717) is 0 Å². The van der Waals surface area contributed by atoms with Crippen LogP contribution in [0.15, 0.2) is 48.6 Å². The average molecular weight is 172 g/mol. The first-order chi connectivity index (χ1) is 6.36. The van der Waals surface area contributed by atoms with Gasteiger partial charge in [-0.3, -0.25) is 0 Å². The van der Waals surface area contributed by atoms with E-state index in [0.717, 1.165) is 17.6 Å². The largest absolute Gasteiger partial charge is 0.389 e. The Morgan fingerprint density at radius 2 is 1.92 bits per heavy atom. The van der Waals surface area contributed by atoms with Gasteiger partial charge < -0.3 is 5.11 Å². The molecule has 13 heavy (non-hydrogen) atoms. The minimum atomic E-state index is -0.319. The molecule has 1 N–H and O–H groups in total. The minimum absolute atomic E-state index is 0.319. The molecule has 0 saturated heterocycles. The molecule has 0 aromatic heterocycles. The van der Waals surface area contributed by atoms with Crippen LogP contribution in [0.25, 0.3) is 5.57 Å². The topological polar surface area (TPSA) is 20.2 Å². The summed E-state index contributed by atoms with van der Waals surface area (Å²) in [4.78, 5) is 0. The maximum Gasteiger partial charge on any atom is 0.0764 e. The number of rotatable bonds is 1. The van der Waals surface area contributed by atoms with Crippen molar-refractivity contribution in [2.45, 2.75) is 12.5 Å². The molecule has 1 heteroatoms. The van der Waals surface area contributed by atoms with Crippen molar-refractivity contribution in [3.63, 3.8) is 0 Å². The lowest BCUT2D eigenvalue weighted by atomic mass is 9.98. The third-order valence-corrected chi connectivity index (χ3v) is 2.15. The van der Waals surface area contributed by atoms with Crippen LogP contribution >= 0.6 is 0 Å². The van der Waals surface area contributed by atoms with Crippen molar-refractivity contribution in [2.24, 2.45) is 0 Å². The van der Waals surface area contributed by atoms with Gasteiger partial charge >= 0.3 is 0 Å². The first-order valence-electron chi connectivity index (χ1n) is 4.48. The summed E-state index contributed by atoms with van der Waals surface area (Å²) in [5.74, 6) is 0. The van der Waals surface area contributed by atoms with Crippen molar-refractivity contribution in [1.82, 2.24) is 0 Å². The first kappa shape index (κ1) is 8.27. The standard InChI is InChI=1S/C12H12O/c13-12-8-4-7-11(9-12)10-5-2-1-3-6-10/h1-7,9,12-13H,8H2. The lowest BCUT2D eigenvalue weighted by molar-refractivity contribution is 0.226. The highest BCUT2D eigenvalue weighted by Gasteiger charge is 2.06. The number of hydrogen-bond acceptors (Lipinski definition) is 1. The Labute approximate surface area is 78.0 Å². The van der Waals surface area contributed by atoms with Crippen molar-refractivity contribution in [2.75, 3.05) is 0 Å². The molecule has 0 radical (unpaired) electrons. The maximum absolute atomic E-state index is 9.41. The molecular weight excluding hydrogens is 160 g/mol. The van der Waals surface area contributed by atoms with Gasteiger partial charge in [-0.25, -0.2) is 0 Å². The summed E-state index contributed by atoms with van der Waals surface area (Å²) in [5, 5.41) is 9.41. The molecule has 0 saturated carbocycles. The Bertz CT molecular complexity index is 335. The molecule has 0 fully saturated rings. The van der Waals surface area contributed by atoms with Gasteiger partial charge in [0.1, 0.15) is 0 Å². The van der Waals surface area contributed by atoms with Gasteiger partial charge in [0, 0.05) is 0 Å². The molecule has 1 aromatic carbocycles. The zero-order valence-corrected chi connectivity index (χ0v) is 7.35. The van der Waals surface area contributed by atoms with Crippen molar-refractivity contribution in [3.05, 3.63) is 54.1 Å². The Hall–Kier alpha value is -1.34. The van der Waals surface area contributed by atoms with E-state index in [1.807, 2.05) is 42.5 Å². The number of hydrogen-bond donors (Lipinski definition) is 1. The zero-order chi connectivity index (χ0) is 9.10. The number of allylic oxidation sites excluding steroid dienone is 2. The lowest BCUT2D eigenvalue weighted by Gasteiger charge is -2.11. The van der Waals surface area contributed by atoms with E-state index in [2.05, 4.69) is 6.08 Å². The predicted molar refractivity (Wildman–Crippen MR) is 54.2 cm³/mol. The van der Waals surface area contributed by atoms with Crippen molar-refractivity contribution >= 4 is 5.57 Å². The second kappa shape index (κ2) is 3.58. The summed E-state index contributed by atoms with van der Waals surface area (Å²) >= 11 is 0. The van der Waals surface area contributed by atoms with Crippen LogP contribution < -0.4 is 0 Å². The molecule has 1 aromatic rings. The monoisotopic (exact) mass is 172 g/mol. The highest BCUT2D eigenvalue weighted by Crippen LogP contribution is 2.20. The smallest absolute Gasteiger partial charge is 0.0764 e. The number of benzene rings is 1. The van der Waals surface area contributed by atoms with E-state index in [4.69, 9.17) is 0 Å². The fraction of sp³-hybridized carbons (Fsp3) is 0.167. The summed E-state index contributed by atoms with van der Waals surface area (Å²) in [7, 11) is 0. The van der Waals surface area contributed by atoms with Gasteiger partial charge in [0.05, 0.1) is 6.10 Å². The van der Waals surface area contributed by atoms with E-state index < -0.39 is 0 Å². The molecule has 1 nitrogen and oxygen atoms in total. The molecule has 66 valence electrons. The third kappa shape index (κ3) is 1.87. The molecule has 0 aliphatic heterocycles. The first-order valence-corrected chi connectivity index (χ1v) is 4.48. The summed E-state index contributed by atoms with van der Waals surface area (Å²) in [6, 6.07) is 10.1.